The van der Waals surface area contributed by atoms with Crippen molar-refractivity contribution in [3.05, 3.63) is 24.3 Å². The molecule has 1 aromatic rings. The van der Waals surface area contributed by atoms with Gasteiger partial charge in [-0.1, -0.05) is 22.9 Å². The summed E-state index contributed by atoms with van der Waals surface area (Å²) in [5.41, 5.74) is 0. The monoisotopic (exact) mass is 306 g/mol. The third-order valence-corrected chi connectivity index (χ3v) is 5.29. The molecule has 0 radical (unpaired) electrons. The van der Waals surface area contributed by atoms with E-state index in [2.05, 4.69) is 15.9 Å². The van der Waals surface area contributed by atoms with Crippen LogP contribution >= 0.6 is 15.9 Å². The molecule has 5 heteroatoms. The van der Waals surface area contributed by atoms with Gasteiger partial charge in [0, 0.05) is 5.33 Å². The van der Waals surface area contributed by atoms with Gasteiger partial charge in [-0.15, -0.1) is 0 Å². The van der Waals surface area contributed by atoms with Crippen molar-refractivity contribution in [3.63, 3.8) is 0 Å². The average Bonchev–Trinajstić information content (AvgIpc) is 2.28. The molecule has 0 aliphatic carbocycles. The van der Waals surface area contributed by atoms with Crippen molar-refractivity contribution in [2.24, 2.45) is 5.92 Å². The summed E-state index contributed by atoms with van der Waals surface area (Å²) in [6.45, 7) is 1.90. The second kappa shape index (κ2) is 5.68. The maximum Gasteiger partial charge on any atom is 0.178 e. The molecule has 1 aromatic carbocycles. The summed E-state index contributed by atoms with van der Waals surface area (Å²) in [4.78, 5) is 0.348. The van der Waals surface area contributed by atoms with Gasteiger partial charge in [0.05, 0.1) is 17.8 Å². The highest BCUT2D eigenvalue weighted by Crippen LogP contribution is 2.18. The van der Waals surface area contributed by atoms with Crippen LogP contribution in [0.2, 0.25) is 0 Å². The summed E-state index contributed by atoms with van der Waals surface area (Å²) >= 11 is 3.28. The Hall–Kier alpha value is -0.550. The minimum absolute atomic E-state index is 0.104. The summed E-state index contributed by atoms with van der Waals surface area (Å²) in [7, 11) is -1.63. The molecule has 0 bridgehead atoms. The SMILES string of the molecule is COc1ccc(S(=O)(=O)CC(C)CBr)cc1. The highest BCUT2D eigenvalue weighted by Gasteiger charge is 2.17. The van der Waals surface area contributed by atoms with Crippen LogP contribution in [0.15, 0.2) is 29.2 Å². The molecule has 0 aromatic heterocycles. The van der Waals surface area contributed by atoms with Crippen molar-refractivity contribution in [1.82, 2.24) is 0 Å². The Bertz CT molecular complexity index is 425. The van der Waals surface area contributed by atoms with E-state index in [0.29, 0.717) is 16.0 Å². The van der Waals surface area contributed by atoms with E-state index in [-0.39, 0.29) is 11.7 Å². The number of ether oxygens (including phenoxy) is 1. The van der Waals surface area contributed by atoms with Gasteiger partial charge in [0.15, 0.2) is 9.84 Å². The molecule has 0 spiro atoms. The minimum atomic E-state index is -3.18. The van der Waals surface area contributed by atoms with E-state index in [1.54, 1.807) is 31.4 Å². The second-order valence-corrected chi connectivity index (χ2v) is 6.40. The second-order valence-electron chi connectivity index (χ2n) is 3.72. The van der Waals surface area contributed by atoms with E-state index < -0.39 is 9.84 Å². The van der Waals surface area contributed by atoms with Crippen molar-refractivity contribution < 1.29 is 13.2 Å². The van der Waals surface area contributed by atoms with Crippen molar-refractivity contribution in [2.75, 3.05) is 18.2 Å². The molecule has 0 amide bonds. The van der Waals surface area contributed by atoms with Crippen molar-refractivity contribution >= 4 is 25.8 Å². The Morgan fingerprint density at radius 3 is 2.31 bits per heavy atom. The molecule has 0 N–H and O–H groups in total. The van der Waals surface area contributed by atoms with Gasteiger partial charge < -0.3 is 4.74 Å². The standard InChI is InChI=1S/C11H15BrO3S/c1-9(7-12)8-16(13,14)11-5-3-10(15-2)4-6-11/h3-6,9H,7-8H2,1-2H3. The lowest BCUT2D eigenvalue weighted by Crippen LogP contribution is -2.14. The molecular weight excluding hydrogens is 292 g/mol. The molecule has 16 heavy (non-hydrogen) atoms. The predicted octanol–water partition coefficient (Wildman–Crippen LogP) is 2.50. The lowest BCUT2D eigenvalue weighted by atomic mass is 10.3. The van der Waals surface area contributed by atoms with Gasteiger partial charge in [0.1, 0.15) is 5.75 Å². The van der Waals surface area contributed by atoms with E-state index in [4.69, 9.17) is 4.74 Å². The normalized spacial score (nSPS) is 13.4. The number of hydrogen-bond acceptors (Lipinski definition) is 3. The third-order valence-electron chi connectivity index (χ3n) is 2.19. The molecule has 1 atom stereocenters. The van der Waals surface area contributed by atoms with Crippen LogP contribution in [0, 0.1) is 5.92 Å². The number of benzene rings is 1. The van der Waals surface area contributed by atoms with E-state index in [1.165, 1.54) is 0 Å². The van der Waals surface area contributed by atoms with Crippen molar-refractivity contribution in [3.8, 4) is 5.75 Å². The van der Waals surface area contributed by atoms with Crippen LogP contribution in [0.4, 0.5) is 0 Å². The maximum absolute atomic E-state index is 11.9. The molecular formula is C11H15BrO3S. The topological polar surface area (TPSA) is 43.4 Å². The summed E-state index contributed by atoms with van der Waals surface area (Å²) in [5.74, 6) is 0.921. The van der Waals surface area contributed by atoms with Gasteiger partial charge in [0.25, 0.3) is 0 Å². The summed E-state index contributed by atoms with van der Waals surface area (Å²) in [6, 6.07) is 6.47. The van der Waals surface area contributed by atoms with Crippen LogP contribution in [0.5, 0.6) is 5.75 Å². The largest absolute Gasteiger partial charge is 0.497 e. The van der Waals surface area contributed by atoms with Crippen LogP contribution in [0.3, 0.4) is 0 Å². The minimum Gasteiger partial charge on any atom is -0.497 e. The molecule has 1 rings (SSSR count). The first-order valence-electron chi connectivity index (χ1n) is 4.92. The molecule has 90 valence electrons. The van der Waals surface area contributed by atoms with E-state index in [9.17, 15) is 8.42 Å². The summed E-state index contributed by atoms with van der Waals surface area (Å²) in [5, 5.41) is 0.683. The van der Waals surface area contributed by atoms with Gasteiger partial charge in [-0.05, 0) is 30.2 Å². The summed E-state index contributed by atoms with van der Waals surface area (Å²) in [6.07, 6.45) is 0. The zero-order chi connectivity index (χ0) is 12.2. The van der Waals surface area contributed by atoms with Gasteiger partial charge >= 0.3 is 0 Å². The van der Waals surface area contributed by atoms with Crippen LogP contribution in [-0.4, -0.2) is 26.6 Å². The zero-order valence-corrected chi connectivity index (χ0v) is 11.7. The smallest absolute Gasteiger partial charge is 0.178 e. The van der Waals surface area contributed by atoms with Gasteiger partial charge in [-0.3, -0.25) is 0 Å². The number of halogens is 1. The first-order valence-corrected chi connectivity index (χ1v) is 7.69. The van der Waals surface area contributed by atoms with Crippen molar-refractivity contribution in [2.45, 2.75) is 11.8 Å². The average molecular weight is 307 g/mol. The fourth-order valence-corrected chi connectivity index (χ4v) is 3.44. The number of hydrogen-bond donors (Lipinski definition) is 0. The maximum atomic E-state index is 11.9. The molecule has 0 saturated heterocycles. The van der Waals surface area contributed by atoms with E-state index in [1.807, 2.05) is 6.92 Å². The number of methoxy groups -OCH3 is 1. The Morgan fingerprint density at radius 2 is 1.88 bits per heavy atom. The molecule has 0 aliphatic rings. The fourth-order valence-electron chi connectivity index (χ4n) is 1.30. The number of rotatable bonds is 5. The highest BCUT2D eigenvalue weighted by molar-refractivity contribution is 9.09. The van der Waals surface area contributed by atoms with E-state index >= 15 is 0 Å². The predicted molar refractivity (Wildman–Crippen MR) is 68.0 cm³/mol. The van der Waals surface area contributed by atoms with E-state index in [0.717, 1.165) is 0 Å². The quantitative estimate of drug-likeness (QED) is 0.785. The molecule has 3 nitrogen and oxygen atoms in total. The third kappa shape index (κ3) is 3.49. The number of alkyl halides is 1. The zero-order valence-electron chi connectivity index (χ0n) is 9.31. The Labute approximate surface area is 105 Å². The molecule has 0 aliphatic heterocycles. The first-order chi connectivity index (χ1) is 7.49. The van der Waals surface area contributed by atoms with Crippen molar-refractivity contribution in [1.29, 1.82) is 0 Å². The van der Waals surface area contributed by atoms with Gasteiger partial charge in [-0.2, -0.15) is 0 Å². The van der Waals surface area contributed by atoms with Gasteiger partial charge in [0.2, 0.25) is 0 Å². The lowest BCUT2D eigenvalue weighted by Gasteiger charge is -2.09. The van der Waals surface area contributed by atoms with Crippen LogP contribution in [0.25, 0.3) is 0 Å². The number of sulfone groups is 1. The first kappa shape index (κ1) is 13.5. The Morgan fingerprint density at radius 1 is 1.31 bits per heavy atom. The van der Waals surface area contributed by atoms with Crippen LogP contribution in [-0.2, 0) is 9.84 Å². The molecule has 1 unspecified atom stereocenters. The van der Waals surface area contributed by atoms with Crippen LogP contribution in [0.1, 0.15) is 6.92 Å². The molecule has 0 fully saturated rings. The fraction of sp³-hybridized carbons (Fsp3) is 0.455. The Balaban J connectivity index is 2.90. The van der Waals surface area contributed by atoms with Crippen LogP contribution < -0.4 is 4.74 Å². The van der Waals surface area contributed by atoms with Gasteiger partial charge in [-0.25, -0.2) is 8.42 Å². The lowest BCUT2D eigenvalue weighted by molar-refractivity contribution is 0.414. The highest BCUT2D eigenvalue weighted by atomic mass is 79.9. The summed E-state index contributed by atoms with van der Waals surface area (Å²) < 4.78 is 28.9. The molecule has 0 saturated carbocycles. The Kier molecular flexibility index (Phi) is 4.80. The molecule has 0 heterocycles.